The van der Waals surface area contributed by atoms with Gasteiger partial charge in [0.1, 0.15) is 5.82 Å². The number of nitrogens with zero attached hydrogens (tertiary/aromatic N) is 5. The first-order chi connectivity index (χ1) is 19.0. The number of likely N-dealkylation sites (tertiary alicyclic amines) is 1. The molecule has 8 nitrogen and oxygen atoms in total. The fraction of sp³-hybridized carbons (Fsp3) is 0.567. The van der Waals surface area contributed by atoms with Crippen molar-refractivity contribution in [2.75, 3.05) is 52.9 Å². The molecule has 3 aromatic rings. The van der Waals surface area contributed by atoms with Crippen molar-refractivity contribution >= 4 is 34.2 Å². The van der Waals surface area contributed by atoms with Crippen LogP contribution in [-0.4, -0.2) is 95.0 Å². The monoisotopic (exact) mass is 550 g/mol. The molecule has 2 saturated heterocycles. The molecule has 1 N–H and O–H groups in total. The fourth-order valence-corrected chi connectivity index (χ4v) is 6.78. The van der Waals surface area contributed by atoms with Gasteiger partial charge in [-0.2, -0.15) is 0 Å². The van der Waals surface area contributed by atoms with Gasteiger partial charge in [0.15, 0.2) is 0 Å². The minimum atomic E-state index is -0.227. The molecule has 210 valence electrons. The highest BCUT2D eigenvalue weighted by molar-refractivity contribution is 7.09. The molecule has 0 bridgehead atoms. The molecule has 2 fully saturated rings. The van der Waals surface area contributed by atoms with Gasteiger partial charge >= 0.3 is 0 Å². The van der Waals surface area contributed by atoms with Crippen LogP contribution in [0.25, 0.3) is 11.0 Å². The van der Waals surface area contributed by atoms with Crippen molar-refractivity contribution in [1.82, 2.24) is 29.6 Å². The van der Waals surface area contributed by atoms with E-state index in [1.165, 1.54) is 4.88 Å². The summed E-state index contributed by atoms with van der Waals surface area (Å²) in [6.07, 6.45) is 4.84. The largest absolute Gasteiger partial charge is 0.343 e. The number of hydrogen-bond acceptors (Lipinski definition) is 6. The summed E-state index contributed by atoms with van der Waals surface area (Å²) >= 11 is 1.74. The number of hydrogen-bond donors (Lipinski definition) is 1. The number of fused-ring (bicyclic) bond motifs is 1. The molecule has 0 saturated carbocycles. The van der Waals surface area contributed by atoms with E-state index < -0.39 is 0 Å². The Hall–Kier alpha value is -2.75. The number of thiophene rings is 1. The molecule has 2 aromatic heterocycles. The summed E-state index contributed by atoms with van der Waals surface area (Å²) in [5.41, 5.74) is 2.44. The second-order valence-electron chi connectivity index (χ2n) is 11.0. The summed E-state index contributed by atoms with van der Waals surface area (Å²) in [5, 5.41) is 4.96. The number of piperazine rings is 1. The van der Waals surface area contributed by atoms with Crippen LogP contribution >= 0.6 is 11.3 Å². The number of carbonyl (C=O) groups is 2. The van der Waals surface area contributed by atoms with E-state index in [2.05, 4.69) is 58.1 Å². The Labute approximate surface area is 236 Å². The number of benzene rings is 1. The number of imidazole rings is 1. The van der Waals surface area contributed by atoms with Gasteiger partial charge in [-0.05, 0) is 62.4 Å². The van der Waals surface area contributed by atoms with Crippen molar-refractivity contribution in [2.45, 2.75) is 58.0 Å². The lowest BCUT2D eigenvalue weighted by Gasteiger charge is -2.42. The maximum Gasteiger partial charge on any atom is 0.251 e. The van der Waals surface area contributed by atoms with Crippen molar-refractivity contribution in [3.8, 4) is 0 Å². The number of piperidine rings is 1. The quantitative estimate of drug-likeness (QED) is 0.436. The van der Waals surface area contributed by atoms with E-state index in [1.54, 1.807) is 11.3 Å². The number of amides is 2. The topological polar surface area (TPSA) is 73.7 Å². The van der Waals surface area contributed by atoms with Crippen LogP contribution in [-0.2, 0) is 11.2 Å². The molecule has 0 radical (unpaired) electrons. The second-order valence-corrected chi connectivity index (χ2v) is 12.0. The number of nitrogens with one attached hydrogen (secondary N) is 1. The van der Waals surface area contributed by atoms with Crippen LogP contribution in [0, 0.1) is 0 Å². The highest BCUT2D eigenvalue weighted by Crippen LogP contribution is 2.28. The predicted octanol–water partition coefficient (Wildman–Crippen LogP) is 4.02. The van der Waals surface area contributed by atoms with Crippen LogP contribution < -0.4 is 5.32 Å². The fourth-order valence-electron chi connectivity index (χ4n) is 6.08. The minimum Gasteiger partial charge on any atom is -0.343 e. The molecule has 0 atom stereocenters. The standard InChI is InChI=1S/C30H42N6O2S/c1-4-23(5-2)36-27-9-8-22(19-26(27)32-28(36)20-25-7-6-18-39-25)30(38)31-21-29(37)35-12-10-24(11-13-35)34-16-14-33(3)15-17-34/h6-9,18-19,23-24H,4-5,10-17,20-21H2,1-3H3,(H,31,38). The Morgan fingerprint density at radius 2 is 1.79 bits per heavy atom. The van der Waals surface area contributed by atoms with E-state index in [-0.39, 0.29) is 18.4 Å². The van der Waals surface area contributed by atoms with Gasteiger partial charge in [0.2, 0.25) is 5.91 Å². The van der Waals surface area contributed by atoms with Crippen LogP contribution in [0.5, 0.6) is 0 Å². The molecule has 4 heterocycles. The zero-order valence-electron chi connectivity index (χ0n) is 23.6. The second kappa shape index (κ2) is 12.6. The summed E-state index contributed by atoms with van der Waals surface area (Å²) in [7, 11) is 2.18. The molecule has 0 spiro atoms. The molecule has 2 amide bonds. The summed E-state index contributed by atoms with van der Waals surface area (Å²) in [5.74, 6) is 0.806. The number of aromatic nitrogens is 2. The first kappa shape index (κ1) is 27.8. The normalized spacial score (nSPS) is 17.8. The smallest absolute Gasteiger partial charge is 0.251 e. The Morgan fingerprint density at radius 1 is 1.05 bits per heavy atom. The molecule has 0 aliphatic carbocycles. The third-order valence-corrected chi connectivity index (χ3v) is 9.39. The Morgan fingerprint density at radius 3 is 2.46 bits per heavy atom. The molecule has 0 unspecified atom stereocenters. The highest BCUT2D eigenvalue weighted by Gasteiger charge is 2.28. The third kappa shape index (κ3) is 6.36. The van der Waals surface area contributed by atoms with Gasteiger partial charge in [0.05, 0.1) is 17.6 Å². The maximum absolute atomic E-state index is 13.0. The van der Waals surface area contributed by atoms with Crippen molar-refractivity contribution in [3.63, 3.8) is 0 Å². The van der Waals surface area contributed by atoms with Crippen molar-refractivity contribution in [3.05, 3.63) is 52.0 Å². The first-order valence-electron chi connectivity index (χ1n) is 14.5. The van der Waals surface area contributed by atoms with E-state index in [1.807, 2.05) is 23.1 Å². The summed E-state index contributed by atoms with van der Waals surface area (Å²) in [4.78, 5) is 39.0. The van der Waals surface area contributed by atoms with Crippen LogP contribution in [0.1, 0.15) is 66.6 Å². The van der Waals surface area contributed by atoms with Gasteiger partial charge in [-0.3, -0.25) is 14.5 Å². The first-order valence-corrected chi connectivity index (χ1v) is 15.4. The Bertz CT molecular complexity index is 1250. The van der Waals surface area contributed by atoms with E-state index in [0.717, 1.165) is 88.2 Å². The number of rotatable bonds is 9. The average Bonchev–Trinajstić information content (AvgIpc) is 3.60. The van der Waals surface area contributed by atoms with Crippen molar-refractivity contribution < 1.29 is 9.59 Å². The van der Waals surface area contributed by atoms with Crippen LogP contribution in [0.3, 0.4) is 0 Å². The SMILES string of the molecule is CCC(CC)n1c(Cc2cccs2)nc2cc(C(=O)NCC(=O)N3CCC(N4CCN(C)CC4)CC3)ccc21. The molecule has 9 heteroatoms. The highest BCUT2D eigenvalue weighted by atomic mass is 32.1. The predicted molar refractivity (Wildman–Crippen MR) is 157 cm³/mol. The van der Waals surface area contributed by atoms with Crippen LogP contribution in [0.2, 0.25) is 0 Å². The Kier molecular flexibility index (Phi) is 8.99. The summed E-state index contributed by atoms with van der Waals surface area (Å²) < 4.78 is 2.35. The number of likely N-dealkylation sites (N-methyl/N-ethyl adjacent to an activating group) is 1. The van der Waals surface area contributed by atoms with E-state index in [9.17, 15) is 9.59 Å². The molecule has 2 aliphatic heterocycles. The van der Waals surface area contributed by atoms with Crippen molar-refractivity contribution in [2.24, 2.45) is 0 Å². The summed E-state index contributed by atoms with van der Waals surface area (Å²) in [6.45, 7) is 10.4. The maximum atomic E-state index is 13.0. The van der Waals surface area contributed by atoms with Gasteiger partial charge < -0.3 is 19.7 Å². The molecule has 5 rings (SSSR count). The third-order valence-electron chi connectivity index (χ3n) is 8.52. The van der Waals surface area contributed by atoms with E-state index >= 15 is 0 Å². The van der Waals surface area contributed by atoms with Crippen LogP contribution in [0.15, 0.2) is 35.7 Å². The molecular formula is C30H42N6O2S. The number of carbonyl (C=O) groups excluding carboxylic acids is 2. The minimum absolute atomic E-state index is 0.00231. The lowest BCUT2D eigenvalue weighted by molar-refractivity contribution is -0.131. The zero-order chi connectivity index (χ0) is 27.4. The molecule has 39 heavy (non-hydrogen) atoms. The average molecular weight is 551 g/mol. The summed E-state index contributed by atoms with van der Waals surface area (Å²) in [6, 6.07) is 10.9. The van der Waals surface area contributed by atoms with Crippen molar-refractivity contribution in [1.29, 1.82) is 0 Å². The molecule has 2 aliphatic rings. The molecule has 1 aromatic carbocycles. The lowest BCUT2D eigenvalue weighted by Crippen LogP contribution is -2.53. The van der Waals surface area contributed by atoms with Crippen LogP contribution in [0.4, 0.5) is 0 Å². The van der Waals surface area contributed by atoms with Gasteiger partial charge in [-0.1, -0.05) is 19.9 Å². The lowest BCUT2D eigenvalue weighted by atomic mass is 10.0. The molecular weight excluding hydrogens is 508 g/mol. The van der Waals surface area contributed by atoms with E-state index in [4.69, 9.17) is 4.98 Å². The van der Waals surface area contributed by atoms with Gasteiger partial charge in [-0.15, -0.1) is 11.3 Å². The van der Waals surface area contributed by atoms with Gasteiger partial charge in [-0.25, -0.2) is 4.98 Å². The van der Waals surface area contributed by atoms with Gasteiger partial charge in [0, 0.05) is 68.2 Å². The Balaban J connectivity index is 1.20. The van der Waals surface area contributed by atoms with Gasteiger partial charge in [0.25, 0.3) is 5.91 Å². The zero-order valence-corrected chi connectivity index (χ0v) is 24.4. The van der Waals surface area contributed by atoms with E-state index in [0.29, 0.717) is 17.6 Å².